The Hall–Kier alpha value is -1.92. The molecule has 0 aliphatic carbocycles. The normalized spacial score (nSPS) is 24.9. The number of aryl methyl sites for hydroxylation is 1. The monoisotopic (exact) mass is 355 g/mol. The Kier molecular flexibility index (Phi) is 4.49. The van der Waals surface area contributed by atoms with E-state index < -0.39 is 0 Å². The van der Waals surface area contributed by atoms with E-state index in [4.69, 9.17) is 5.11 Å². The molecule has 0 unspecified atom stereocenters. The minimum Gasteiger partial charge on any atom is -0.396 e. The lowest BCUT2D eigenvalue weighted by Gasteiger charge is -2.34. The van der Waals surface area contributed by atoms with Crippen LogP contribution in [0.25, 0.3) is 5.69 Å². The Bertz CT molecular complexity index is 788. The SMILES string of the molecule is CC[C@@]12CCN(C)[C@@H]1N(C)c1ccc(-n3cc(CCCCO)nn3)cc12. The molecule has 0 radical (unpaired) electrons. The summed E-state index contributed by atoms with van der Waals surface area (Å²) in [5, 5.41) is 17.6. The lowest BCUT2D eigenvalue weighted by Crippen LogP contribution is -2.46. The van der Waals surface area contributed by atoms with E-state index in [1.807, 2.05) is 10.9 Å². The van der Waals surface area contributed by atoms with Crippen molar-refractivity contribution in [2.75, 3.05) is 32.1 Å². The number of likely N-dealkylation sites (N-methyl/N-ethyl adjacent to an activating group) is 2. The predicted molar refractivity (Wildman–Crippen MR) is 103 cm³/mol. The van der Waals surface area contributed by atoms with Gasteiger partial charge in [-0.3, -0.25) is 4.90 Å². The average molecular weight is 355 g/mol. The molecule has 1 fully saturated rings. The van der Waals surface area contributed by atoms with Crippen LogP contribution < -0.4 is 4.90 Å². The lowest BCUT2D eigenvalue weighted by molar-refractivity contribution is 0.252. The highest BCUT2D eigenvalue weighted by atomic mass is 16.2. The first-order chi connectivity index (χ1) is 12.6. The van der Waals surface area contributed by atoms with Crippen molar-refractivity contribution in [2.45, 2.75) is 50.6 Å². The second-order valence-electron chi connectivity index (χ2n) is 7.76. The number of hydrogen-bond acceptors (Lipinski definition) is 5. The summed E-state index contributed by atoms with van der Waals surface area (Å²) < 4.78 is 1.89. The molecule has 6 heteroatoms. The summed E-state index contributed by atoms with van der Waals surface area (Å²) in [4.78, 5) is 4.93. The van der Waals surface area contributed by atoms with E-state index in [9.17, 15) is 0 Å². The number of rotatable bonds is 6. The van der Waals surface area contributed by atoms with Crippen molar-refractivity contribution >= 4 is 5.69 Å². The summed E-state index contributed by atoms with van der Waals surface area (Å²) in [7, 11) is 4.46. The second kappa shape index (κ2) is 6.67. The zero-order valence-electron chi connectivity index (χ0n) is 16.0. The minimum absolute atomic E-state index is 0.208. The number of aliphatic hydroxyl groups is 1. The van der Waals surface area contributed by atoms with Gasteiger partial charge in [-0.1, -0.05) is 12.1 Å². The average Bonchev–Trinajstić information content (AvgIpc) is 3.31. The zero-order chi connectivity index (χ0) is 18.3. The van der Waals surface area contributed by atoms with E-state index in [0.29, 0.717) is 6.17 Å². The summed E-state index contributed by atoms with van der Waals surface area (Å²) in [6, 6.07) is 6.70. The van der Waals surface area contributed by atoms with Gasteiger partial charge in [-0.15, -0.1) is 5.10 Å². The van der Waals surface area contributed by atoms with Crippen molar-refractivity contribution < 1.29 is 5.11 Å². The van der Waals surface area contributed by atoms with Crippen molar-refractivity contribution in [3.05, 3.63) is 35.7 Å². The first kappa shape index (κ1) is 17.5. The van der Waals surface area contributed by atoms with Gasteiger partial charge in [0.2, 0.25) is 0 Å². The Labute approximate surface area is 155 Å². The van der Waals surface area contributed by atoms with Crippen LogP contribution in [0.5, 0.6) is 0 Å². The molecule has 3 heterocycles. The Balaban J connectivity index is 1.66. The minimum atomic E-state index is 0.208. The molecule has 2 aromatic rings. The van der Waals surface area contributed by atoms with Gasteiger partial charge < -0.3 is 10.0 Å². The van der Waals surface area contributed by atoms with Gasteiger partial charge in [0, 0.05) is 31.3 Å². The van der Waals surface area contributed by atoms with E-state index in [2.05, 4.69) is 59.3 Å². The summed E-state index contributed by atoms with van der Waals surface area (Å²) in [6.45, 7) is 3.70. The van der Waals surface area contributed by atoms with Crippen LogP contribution in [0.3, 0.4) is 0 Å². The Morgan fingerprint density at radius 1 is 1.27 bits per heavy atom. The molecule has 0 bridgehead atoms. The van der Waals surface area contributed by atoms with Crippen molar-refractivity contribution in [1.29, 1.82) is 0 Å². The Morgan fingerprint density at radius 3 is 2.88 bits per heavy atom. The fraction of sp³-hybridized carbons (Fsp3) is 0.600. The van der Waals surface area contributed by atoms with Gasteiger partial charge in [0.05, 0.1) is 23.7 Å². The molecule has 6 nitrogen and oxygen atoms in total. The van der Waals surface area contributed by atoms with Crippen LogP contribution in [-0.4, -0.2) is 58.4 Å². The third-order valence-electron chi connectivity index (χ3n) is 6.36. The van der Waals surface area contributed by atoms with Crippen LogP contribution in [0.4, 0.5) is 5.69 Å². The van der Waals surface area contributed by atoms with Gasteiger partial charge in [0.15, 0.2) is 0 Å². The smallest absolute Gasteiger partial charge is 0.0914 e. The highest BCUT2D eigenvalue weighted by molar-refractivity contribution is 5.67. The first-order valence-electron chi connectivity index (χ1n) is 9.71. The standard InChI is InChI=1S/C20H29N5O/c1-4-20-10-11-23(2)19(20)24(3)18-9-8-16(13-17(18)20)25-14-15(21-22-25)7-5-6-12-26/h8-9,13-14,19,26H,4-7,10-12H2,1-3H3/t19-,20+/m1/s1. The quantitative estimate of drug-likeness (QED) is 0.806. The molecule has 0 amide bonds. The lowest BCUT2D eigenvalue weighted by atomic mass is 9.77. The van der Waals surface area contributed by atoms with Crippen LogP contribution in [-0.2, 0) is 11.8 Å². The molecule has 1 saturated heterocycles. The summed E-state index contributed by atoms with van der Waals surface area (Å²) in [6.07, 6.45) is 7.43. The van der Waals surface area contributed by atoms with Gasteiger partial charge in [0.25, 0.3) is 0 Å². The fourth-order valence-corrected chi connectivity index (χ4v) is 5.00. The number of benzene rings is 1. The maximum atomic E-state index is 8.93. The molecule has 4 rings (SSSR count). The highest BCUT2D eigenvalue weighted by Crippen LogP contribution is 2.53. The molecular formula is C20H29N5O. The van der Waals surface area contributed by atoms with Gasteiger partial charge in [0.1, 0.15) is 0 Å². The van der Waals surface area contributed by atoms with E-state index in [1.165, 1.54) is 17.7 Å². The molecule has 1 aromatic carbocycles. The van der Waals surface area contributed by atoms with Gasteiger partial charge in [-0.05, 0) is 62.9 Å². The number of aliphatic hydroxyl groups excluding tert-OH is 1. The number of unbranched alkanes of at least 4 members (excludes halogenated alkanes) is 1. The van der Waals surface area contributed by atoms with Crippen molar-refractivity contribution in [2.24, 2.45) is 0 Å². The van der Waals surface area contributed by atoms with Crippen molar-refractivity contribution in [3.8, 4) is 5.69 Å². The van der Waals surface area contributed by atoms with Crippen LogP contribution in [0, 0.1) is 0 Å². The predicted octanol–water partition coefficient (Wildman–Crippen LogP) is 2.34. The number of aromatic nitrogens is 3. The largest absolute Gasteiger partial charge is 0.396 e. The summed E-state index contributed by atoms with van der Waals surface area (Å²) in [5.41, 5.74) is 5.07. The third kappa shape index (κ3) is 2.55. The van der Waals surface area contributed by atoms with Crippen molar-refractivity contribution in [3.63, 3.8) is 0 Å². The molecule has 1 N–H and O–H groups in total. The summed E-state index contributed by atoms with van der Waals surface area (Å²) in [5.74, 6) is 0. The number of nitrogens with zero attached hydrogens (tertiary/aromatic N) is 5. The molecule has 1 aromatic heterocycles. The van der Waals surface area contributed by atoms with Crippen LogP contribution >= 0.6 is 0 Å². The molecule has 26 heavy (non-hydrogen) atoms. The number of hydrogen-bond donors (Lipinski definition) is 1. The van der Waals surface area contributed by atoms with E-state index in [1.54, 1.807) is 0 Å². The molecule has 0 spiro atoms. The van der Waals surface area contributed by atoms with Gasteiger partial charge >= 0.3 is 0 Å². The number of likely N-dealkylation sites (tertiary alicyclic amines) is 1. The van der Waals surface area contributed by atoms with Crippen LogP contribution in [0.1, 0.15) is 43.9 Å². The fourth-order valence-electron chi connectivity index (χ4n) is 5.00. The third-order valence-corrected chi connectivity index (χ3v) is 6.36. The van der Waals surface area contributed by atoms with Crippen LogP contribution in [0.15, 0.2) is 24.4 Å². The zero-order valence-corrected chi connectivity index (χ0v) is 16.0. The second-order valence-corrected chi connectivity index (χ2v) is 7.76. The maximum absolute atomic E-state index is 8.93. The first-order valence-corrected chi connectivity index (χ1v) is 9.71. The van der Waals surface area contributed by atoms with E-state index >= 15 is 0 Å². The topological polar surface area (TPSA) is 57.4 Å². The number of fused-ring (bicyclic) bond motifs is 3. The molecule has 2 aliphatic heterocycles. The molecule has 2 atom stereocenters. The molecular weight excluding hydrogens is 326 g/mol. The highest BCUT2D eigenvalue weighted by Gasteiger charge is 2.54. The summed E-state index contributed by atoms with van der Waals surface area (Å²) >= 11 is 0. The van der Waals surface area contributed by atoms with Crippen molar-refractivity contribution in [1.82, 2.24) is 19.9 Å². The Morgan fingerprint density at radius 2 is 2.12 bits per heavy atom. The maximum Gasteiger partial charge on any atom is 0.0914 e. The van der Waals surface area contributed by atoms with Gasteiger partial charge in [-0.2, -0.15) is 0 Å². The molecule has 140 valence electrons. The molecule has 2 aliphatic rings. The number of anilines is 1. The molecule has 0 saturated carbocycles. The van der Waals surface area contributed by atoms with E-state index in [0.717, 1.165) is 43.6 Å². The van der Waals surface area contributed by atoms with E-state index in [-0.39, 0.29) is 12.0 Å². The van der Waals surface area contributed by atoms with Crippen LogP contribution in [0.2, 0.25) is 0 Å². The van der Waals surface area contributed by atoms with Gasteiger partial charge in [-0.25, -0.2) is 4.68 Å².